The van der Waals surface area contributed by atoms with Crippen LogP contribution < -0.4 is 0 Å². The topological polar surface area (TPSA) is 37.3 Å². The molecule has 0 saturated carbocycles. The normalized spacial score (nSPS) is 11.1. The van der Waals surface area contributed by atoms with Gasteiger partial charge in [-0.1, -0.05) is 48.5 Å². The summed E-state index contributed by atoms with van der Waals surface area (Å²) in [5.41, 5.74) is 1.60. The highest BCUT2D eigenvalue weighted by atomic mass is 35.5. The summed E-state index contributed by atoms with van der Waals surface area (Å²) in [5, 5.41) is 8.37. The lowest BCUT2D eigenvalue weighted by Gasteiger charge is -1.99. The van der Waals surface area contributed by atoms with E-state index in [0.29, 0.717) is 0 Å². The average molecular weight is 209 g/mol. The lowest BCUT2D eigenvalue weighted by Crippen LogP contribution is -1.93. The highest BCUT2D eigenvalue weighted by Crippen LogP contribution is 2.15. The van der Waals surface area contributed by atoms with E-state index in [1.165, 1.54) is 6.08 Å². The van der Waals surface area contributed by atoms with E-state index in [1.807, 2.05) is 18.2 Å². The van der Waals surface area contributed by atoms with Crippen LogP contribution in [-0.2, 0) is 4.79 Å². The number of rotatable bonds is 3. The third-order valence-corrected chi connectivity index (χ3v) is 1.97. The van der Waals surface area contributed by atoms with Crippen LogP contribution in [0.1, 0.15) is 11.1 Å². The van der Waals surface area contributed by atoms with Crippen LogP contribution in [-0.4, -0.2) is 11.1 Å². The summed E-state index contributed by atoms with van der Waals surface area (Å²) in [6.07, 6.45) is 3.05. The molecule has 1 aromatic rings. The number of carboxylic acid groups (broad SMARTS) is 1. The molecule has 0 unspecified atom stereocenters. The maximum absolute atomic E-state index is 10.5. The van der Waals surface area contributed by atoms with Crippen LogP contribution in [0.4, 0.5) is 0 Å². The number of hydrogen-bond acceptors (Lipinski definition) is 1. The van der Waals surface area contributed by atoms with Crippen molar-refractivity contribution in [1.29, 1.82) is 0 Å². The average Bonchev–Trinajstić information content (AvgIpc) is 2.18. The summed E-state index contributed by atoms with van der Waals surface area (Å²) < 4.78 is 0. The highest BCUT2D eigenvalue weighted by Gasteiger charge is 2.03. The number of carbonyl (C=O) groups is 1. The number of halogens is 1. The van der Waals surface area contributed by atoms with Gasteiger partial charge < -0.3 is 5.11 Å². The zero-order chi connectivity index (χ0) is 10.6. The molecule has 0 aliphatic heterocycles. The molecular weight excluding hydrogens is 200 g/mol. The van der Waals surface area contributed by atoms with Gasteiger partial charge in [0.15, 0.2) is 0 Å². The summed E-state index contributed by atoms with van der Waals surface area (Å²) in [4.78, 5) is 10.5. The Morgan fingerprint density at radius 2 is 1.93 bits per heavy atom. The Kier molecular flexibility index (Phi) is 3.48. The Morgan fingerprint density at radius 3 is 2.43 bits per heavy atom. The first kappa shape index (κ1) is 10.5. The van der Waals surface area contributed by atoms with Gasteiger partial charge in [0.1, 0.15) is 5.03 Å². The molecule has 0 heterocycles. The molecule has 0 radical (unpaired) electrons. The van der Waals surface area contributed by atoms with Crippen molar-refractivity contribution in [2.75, 3.05) is 0 Å². The van der Waals surface area contributed by atoms with Crippen molar-refractivity contribution < 1.29 is 9.90 Å². The van der Waals surface area contributed by atoms with E-state index in [1.54, 1.807) is 12.1 Å². The van der Waals surface area contributed by atoms with Gasteiger partial charge in [-0.3, -0.25) is 0 Å². The molecule has 1 rings (SSSR count). The maximum atomic E-state index is 10.5. The maximum Gasteiger partial charge on any atom is 0.347 e. The molecular formula is C11H9ClO2. The molecule has 0 fully saturated rings. The summed E-state index contributed by atoms with van der Waals surface area (Å²) in [7, 11) is 0. The third-order valence-electron chi connectivity index (χ3n) is 1.70. The van der Waals surface area contributed by atoms with Crippen molar-refractivity contribution in [2.24, 2.45) is 0 Å². The van der Waals surface area contributed by atoms with E-state index < -0.39 is 5.97 Å². The fraction of sp³-hybridized carbons (Fsp3) is 0. The largest absolute Gasteiger partial charge is 0.477 e. The first-order valence-corrected chi connectivity index (χ1v) is 4.35. The molecule has 0 aliphatic rings. The van der Waals surface area contributed by atoms with Crippen molar-refractivity contribution in [3.8, 4) is 0 Å². The molecule has 0 bridgehead atoms. The van der Waals surface area contributed by atoms with Gasteiger partial charge in [-0.2, -0.15) is 0 Å². The van der Waals surface area contributed by atoms with E-state index in [2.05, 4.69) is 6.58 Å². The second kappa shape index (κ2) is 4.63. The van der Waals surface area contributed by atoms with E-state index in [0.717, 1.165) is 11.1 Å². The lowest BCUT2D eigenvalue weighted by atomic mass is 10.1. The molecule has 0 spiro atoms. The van der Waals surface area contributed by atoms with Gasteiger partial charge in [0, 0.05) is 0 Å². The van der Waals surface area contributed by atoms with Crippen molar-refractivity contribution in [2.45, 2.75) is 0 Å². The van der Waals surface area contributed by atoms with E-state index in [-0.39, 0.29) is 5.03 Å². The second-order valence-electron chi connectivity index (χ2n) is 2.63. The Morgan fingerprint density at radius 1 is 1.36 bits per heavy atom. The molecule has 0 atom stereocenters. The zero-order valence-electron chi connectivity index (χ0n) is 7.40. The predicted octanol–water partition coefficient (Wildman–Crippen LogP) is 2.99. The molecule has 0 aliphatic carbocycles. The van der Waals surface area contributed by atoms with Gasteiger partial charge in [-0.25, -0.2) is 4.79 Å². The van der Waals surface area contributed by atoms with E-state index in [9.17, 15) is 4.79 Å². The SMILES string of the molecule is C=Cc1ccccc1/C=C(\Cl)C(=O)O. The summed E-state index contributed by atoms with van der Waals surface area (Å²) in [5.74, 6) is -1.13. The molecule has 1 aromatic carbocycles. The minimum atomic E-state index is -1.13. The van der Waals surface area contributed by atoms with Crippen molar-refractivity contribution >= 4 is 29.7 Å². The summed E-state index contributed by atoms with van der Waals surface area (Å²) >= 11 is 5.51. The molecule has 72 valence electrons. The van der Waals surface area contributed by atoms with Crippen molar-refractivity contribution in [3.05, 3.63) is 47.0 Å². The van der Waals surface area contributed by atoms with Gasteiger partial charge in [-0.05, 0) is 17.2 Å². The van der Waals surface area contributed by atoms with Crippen LogP contribution in [0, 0.1) is 0 Å². The Hall–Kier alpha value is -1.54. The van der Waals surface area contributed by atoms with E-state index in [4.69, 9.17) is 16.7 Å². The van der Waals surface area contributed by atoms with Crippen LogP contribution in [0.3, 0.4) is 0 Å². The molecule has 1 N–H and O–H groups in total. The van der Waals surface area contributed by atoms with E-state index >= 15 is 0 Å². The Bertz CT molecular complexity index is 394. The number of benzene rings is 1. The van der Waals surface area contributed by atoms with Gasteiger partial charge in [-0.15, -0.1) is 0 Å². The van der Waals surface area contributed by atoms with Gasteiger partial charge in [0.25, 0.3) is 0 Å². The first-order valence-electron chi connectivity index (χ1n) is 3.97. The van der Waals surface area contributed by atoms with Gasteiger partial charge >= 0.3 is 5.97 Å². The molecule has 0 saturated heterocycles. The van der Waals surface area contributed by atoms with Crippen LogP contribution >= 0.6 is 11.6 Å². The summed E-state index contributed by atoms with van der Waals surface area (Å²) in [6, 6.07) is 7.28. The minimum Gasteiger partial charge on any atom is -0.477 e. The number of carboxylic acids is 1. The Labute approximate surface area is 87.1 Å². The highest BCUT2D eigenvalue weighted by molar-refractivity contribution is 6.43. The molecule has 2 nitrogen and oxygen atoms in total. The standard InChI is InChI=1S/C11H9ClO2/c1-2-8-5-3-4-6-9(8)7-10(12)11(13)14/h2-7H,1H2,(H,13,14)/b10-7-. The summed E-state index contributed by atoms with van der Waals surface area (Å²) in [6.45, 7) is 3.62. The fourth-order valence-corrected chi connectivity index (χ4v) is 1.14. The molecule has 0 amide bonds. The first-order chi connectivity index (χ1) is 6.65. The second-order valence-corrected chi connectivity index (χ2v) is 3.04. The molecule has 3 heteroatoms. The lowest BCUT2D eigenvalue weighted by molar-refractivity contribution is -0.131. The zero-order valence-corrected chi connectivity index (χ0v) is 8.16. The quantitative estimate of drug-likeness (QED) is 0.776. The number of aliphatic carboxylic acids is 1. The fourth-order valence-electron chi connectivity index (χ4n) is 1.03. The molecule has 14 heavy (non-hydrogen) atoms. The van der Waals surface area contributed by atoms with Gasteiger partial charge in [0.2, 0.25) is 0 Å². The smallest absolute Gasteiger partial charge is 0.347 e. The van der Waals surface area contributed by atoms with Crippen molar-refractivity contribution in [3.63, 3.8) is 0 Å². The number of hydrogen-bond donors (Lipinski definition) is 1. The molecule has 0 aromatic heterocycles. The van der Waals surface area contributed by atoms with Gasteiger partial charge in [0.05, 0.1) is 0 Å². The monoisotopic (exact) mass is 208 g/mol. The van der Waals surface area contributed by atoms with Crippen LogP contribution in [0.5, 0.6) is 0 Å². The van der Waals surface area contributed by atoms with Crippen LogP contribution in [0.25, 0.3) is 12.2 Å². The van der Waals surface area contributed by atoms with Crippen LogP contribution in [0.2, 0.25) is 0 Å². The minimum absolute atomic E-state index is 0.209. The Balaban J connectivity index is 3.13. The van der Waals surface area contributed by atoms with Crippen LogP contribution in [0.15, 0.2) is 35.9 Å². The predicted molar refractivity (Wildman–Crippen MR) is 58.0 cm³/mol. The van der Waals surface area contributed by atoms with Crippen molar-refractivity contribution in [1.82, 2.24) is 0 Å². The third kappa shape index (κ3) is 2.47.